The molecule has 3 aromatic carbocycles. The molecule has 3 aromatic rings. The van der Waals surface area contributed by atoms with Crippen LogP contribution < -0.4 is 10.6 Å². The molecule has 206 valence electrons. The lowest BCUT2D eigenvalue weighted by Gasteiger charge is -2.39. The molecule has 0 bridgehead atoms. The third-order valence-corrected chi connectivity index (χ3v) is 7.38. The average Bonchev–Trinajstić information content (AvgIpc) is 3.45. The SMILES string of the molecule is CC(C)(C)OC(=O)N[C@](S)(CCC(c1ccccc1)(c1ccccc1)c1ccccc1)OC(=O)[C@@H]1CCCN1. The van der Waals surface area contributed by atoms with Gasteiger partial charge in [-0.05, 0) is 63.3 Å². The van der Waals surface area contributed by atoms with Crippen LogP contribution in [0.15, 0.2) is 91.0 Å². The normalized spacial score (nSPS) is 17.2. The lowest BCUT2D eigenvalue weighted by Crippen LogP contribution is -2.52. The molecule has 0 saturated carbocycles. The van der Waals surface area contributed by atoms with Gasteiger partial charge in [0.2, 0.25) is 5.06 Å². The minimum Gasteiger partial charge on any atom is -0.444 e. The van der Waals surface area contributed by atoms with Crippen LogP contribution in [0.1, 0.15) is 63.1 Å². The summed E-state index contributed by atoms with van der Waals surface area (Å²) in [5.74, 6) is -0.441. The molecule has 1 heterocycles. The number of hydrogen-bond acceptors (Lipinski definition) is 6. The summed E-state index contributed by atoms with van der Waals surface area (Å²) in [7, 11) is 0. The number of esters is 1. The maximum Gasteiger partial charge on any atom is 0.411 e. The van der Waals surface area contributed by atoms with Crippen molar-refractivity contribution in [3.8, 4) is 0 Å². The van der Waals surface area contributed by atoms with Gasteiger partial charge in [-0.1, -0.05) is 91.0 Å². The van der Waals surface area contributed by atoms with Crippen LogP contribution in [0.2, 0.25) is 0 Å². The Balaban J connectivity index is 1.75. The number of alkyl carbamates (subject to hydrolysis) is 1. The van der Waals surface area contributed by atoms with Gasteiger partial charge in [-0.15, -0.1) is 12.6 Å². The van der Waals surface area contributed by atoms with E-state index in [4.69, 9.17) is 22.1 Å². The molecule has 1 saturated heterocycles. The van der Waals surface area contributed by atoms with Gasteiger partial charge in [0, 0.05) is 11.8 Å². The van der Waals surface area contributed by atoms with Gasteiger partial charge in [-0.3, -0.25) is 10.1 Å². The van der Waals surface area contributed by atoms with Crippen molar-refractivity contribution in [2.75, 3.05) is 6.54 Å². The highest BCUT2D eigenvalue weighted by molar-refractivity contribution is 7.81. The number of amides is 1. The number of benzene rings is 3. The van der Waals surface area contributed by atoms with Gasteiger partial charge in [0.05, 0.1) is 0 Å². The fraction of sp³-hybridized carbons (Fsp3) is 0.375. The molecule has 7 heteroatoms. The summed E-state index contributed by atoms with van der Waals surface area (Å²) in [6.45, 7) is 6.10. The Kier molecular flexibility index (Phi) is 9.03. The standard InChI is InChI=1S/C32H38N2O4S/c1-30(2,3)38-29(36)34-32(39,37-28(35)27-20-13-23-33-27)22-21-31(24-14-7-4-8-15-24,25-16-9-5-10-17-25)26-18-11-6-12-19-26/h4-12,14-19,27,33,39H,13,20-23H2,1-3H3,(H,34,36)/t27-,32+/m0/s1. The van der Waals surface area contributed by atoms with Crippen molar-refractivity contribution in [2.24, 2.45) is 0 Å². The number of ether oxygens (including phenoxy) is 2. The third kappa shape index (κ3) is 7.22. The molecule has 0 unspecified atom stereocenters. The van der Waals surface area contributed by atoms with E-state index >= 15 is 0 Å². The highest BCUT2D eigenvalue weighted by Crippen LogP contribution is 2.44. The molecule has 6 nitrogen and oxygen atoms in total. The monoisotopic (exact) mass is 546 g/mol. The van der Waals surface area contributed by atoms with Crippen molar-refractivity contribution in [3.63, 3.8) is 0 Å². The van der Waals surface area contributed by atoms with Crippen LogP contribution in [0.25, 0.3) is 0 Å². The molecule has 0 aliphatic carbocycles. The van der Waals surface area contributed by atoms with E-state index < -0.39 is 34.2 Å². The zero-order valence-electron chi connectivity index (χ0n) is 22.9. The molecule has 0 radical (unpaired) electrons. The largest absolute Gasteiger partial charge is 0.444 e. The van der Waals surface area contributed by atoms with E-state index in [0.29, 0.717) is 12.8 Å². The minimum absolute atomic E-state index is 0.215. The summed E-state index contributed by atoms with van der Waals surface area (Å²) in [5, 5.41) is 4.33. The van der Waals surface area contributed by atoms with E-state index in [0.717, 1.165) is 29.7 Å². The maximum absolute atomic E-state index is 13.1. The van der Waals surface area contributed by atoms with Crippen LogP contribution >= 0.6 is 12.6 Å². The number of rotatable bonds is 9. The van der Waals surface area contributed by atoms with E-state index in [9.17, 15) is 9.59 Å². The van der Waals surface area contributed by atoms with Crippen LogP contribution in [0.4, 0.5) is 4.79 Å². The quantitative estimate of drug-likeness (QED) is 0.129. The van der Waals surface area contributed by atoms with Crippen LogP contribution in [0, 0.1) is 0 Å². The lowest BCUT2D eigenvalue weighted by molar-refractivity contribution is -0.156. The molecule has 0 aromatic heterocycles. The van der Waals surface area contributed by atoms with Crippen molar-refractivity contribution in [2.45, 2.75) is 68.6 Å². The second-order valence-electron chi connectivity index (χ2n) is 11.0. The number of carbonyl (C=O) groups is 2. The second kappa shape index (κ2) is 12.3. The van der Waals surface area contributed by atoms with Gasteiger partial charge < -0.3 is 14.8 Å². The lowest BCUT2D eigenvalue weighted by atomic mass is 9.66. The molecule has 2 N–H and O–H groups in total. The first-order valence-corrected chi connectivity index (χ1v) is 13.9. The summed E-state index contributed by atoms with van der Waals surface area (Å²) in [6, 6.07) is 30.3. The minimum atomic E-state index is -1.60. The molecule has 2 atom stereocenters. The first-order chi connectivity index (χ1) is 18.6. The molecule has 1 aliphatic rings. The molecular formula is C32H38N2O4S. The summed E-state index contributed by atoms with van der Waals surface area (Å²) in [4.78, 5) is 26.1. The van der Waals surface area contributed by atoms with E-state index in [-0.39, 0.29) is 6.42 Å². The molecule has 1 amide bonds. The average molecular weight is 547 g/mol. The van der Waals surface area contributed by atoms with Gasteiger partial charge in [-0.25, -0.2) is 4.79 Å². The van der Waals surface area contributed by atoms with Gasteiger partial charge in [0.1, 0.15) is 11.6 Å². The molecule has 4 rings (SSSR count). The Morgan fingerprint density at radius 3 is 1.72 bits per heavy atom. The fourth-order valence-corrected chi connectivity index (χ4v) is 5.48. The maximum atomic E-state index is 13.1. The van der Waals surface area contributed by atoms with Crippen LogP contribution in [0.5, 0.6) is 0 Å². The van der Waals surface area contributed by atoms with Crippen molar-refractivity contribution in [1.82, 2.24) is 10.6 Å². The van der Waals surface area contributed by atoms with Gasteiger partial charge in [-0.2, -0.15) is 0 Å². The topological polar surface area (TPSA) is 76.7 Å². The van der Waals surface area contributed by atoms with Crippen molar-refractivity contribution in [1.29, 1.82) is 0 Å². The molecule has 0 spiro atoms. The Bertz CT molecular complexity index is 1130. The van der Waals surface area contributed by atoms with Gasteiger partial charge in [0.25, 0.3) is 0 Å². The molecule has 1 fully saturated rings. The highest BCUT2D eigenvalue weighted by Gasteiger charge is 2.42. The van der Waals surface area contributed by atoms with Crippen molar-refractivity contribution < 1.29 is 19.1 Å². The highest BCUT2D eigenvalue weighted by atomic mass is 32.1. The summed E-state index contributed by atoms with van der Waals surface area (Å²) in [5.41, 5.74) is 1.92. The first kappa shape index (κ1) is 28.7. The molecule has 1 aliphatic heterocycles. The Morgan fingerprint density at radius 2 is 1.31 bits per heavy atom. The predicted octanol–water partition coefficient (Wildman–Crippen LogP) is 6.20. The second-order valence-corrected chi connectivity index (χ2v) is 11.7. The van der Waals surface area contributed by atoms with Crippen LogP contribution in [-0.2, 0) is 19.7 Å². The smallest absolute Gasteiger partial charge is 0.411 e. The number of thiol groups is 1. The molecule has 39 heavy (non-hydrogen) atoms. The van der Waals surface area contributed by atoms with Crippen molar-refractivity contribution in [3.05, 3.63) is 108 Å². The summed E-state index contributed by atoms with van der Waals surface area (Å²) < 4.78 is 11.5. The van der Waals surface area contributed by atoms with Crippen LogP contribution in [-0.4, -0.2) is 35.3 Å². The van der Waals surface area contributed by atoms with Crippen LogP contribution in [0.3, 0.4) is 0 Å². The number of carbonyl (C=O) groups excluding carboxylic acids is 2. The zero-order valence-corrected chi connectivity index (χ0v) is 23.7. The Labute approximate surface area is 236 Å². The first-order valence-electron chi connectivity index (χ1n) is 13.5. The van der Waals surface area contributed by atoms with Crippen molar-refractivity contribution >= 4 is 24.7 Å². The Hall–Kier alpha value is -3.29. The predicted molar refractivity (Wildman–Crippen MR) is 157 cm³/mol. The molecular weight excluding hydrogens is 508 g/mol. The Morgan fingerprint density at radius 1 is 0.821 bits per heavy atom. The van der Waals surface area contributed by atoms with E-state index in [2.05, 4.69) is 47.0 Å². The fourth-order valence-electron chi connectivity index (χ4n) is 5.18. The zero-order chi connectivity index (χ0) is 27.9. The van der Waals surface area contributed by atoms with E-state index in [1.807, 2.05) is 54.6 Å². The summed E-state index contributed by atoms with van der Waals surface area (Å²) in [6.07, 6.45) is 1.56. The number of nitrogens with one attached hydrogen (secondary N) is 2. The third-order valence-electron chi connectivity index (χ3n) is 6.95. The van der Waals surface area contributed by atoms with E-state index in [1.54, 1.807) is 20.8 Å². The van der Waals surface area contributed by atoms with E-state index in [1.165, 1.54) is 0 Å². The number of hydrogen-bond donors (Lipinski definition) is 3. The van der Waals surface area contributed by atoms with Gasteiger partial charge in [0.15, 0.2) is 0 Å². The van der Waals surface area contributed by atoms with Gasteiger partial charge >= 0.3 is 12.1 Å². The summed E-state index contributed by atoms with van der Waals surface area (Å²) >= 11 is 4.81.